The molecule has 1 saturated heterocycles. The molecule has 0 spiro atoms. The van der Waals surface area contributed by atoms with Gasteiger partial charge in [-0.1, -0.05) is 12.1 Å². The summed E-state index contributed by atoms with van der Waals surface area (Å²) in [5.74, 6) is -0.570. The maximum absolute atomic E-state index is 13.2. The average molecular weight is 310 g/mol. The predicted molar refractivity (Wildman–Crippen MR) is 80.2 cm³/mol. The van der Waals surface area contributed by atoms with E-state index in [0.29, 0.717) is 39.1 Å². The van der Waals surface area contributed by atoms with Crippen LogP contribution in [0, 0.1) is 5.82 Å². The Morgan fingerprint density at radius 1 is 1.32 bits per heavy atom. The Morgan fingerprint density at radius 3 is 2.55 bits per heavy atom. The predicted octanol–water partition coefficient (Wildman–Crippen LogP) is 2.84. The second-order valence-corrected chi connectivity index (χ2v) is 5.67. The normalized spacial score (nSPS) is 18.7. The molecule has 22 heavy (non-hydrogen) atoms. The molecule has 1 aliphatic rings. The second kappa shape index (κ2) is 7.70. The largest absolute Gasteiger partial charge is 0.465 e. The smallest absolute Gasteiger partial charge is 0.316 e. The summed E-state index contributed by atoms with van der Waals surface area (Å²) < 4.78 is 29.2. The van der Waals surface area contributed by atoms with Crippen molar-refractivity contribution in [2.24, 2.45) is 0 Å². The Kier molecular flexibility index (Phi) is 5.91. The van der Waals surface area contributed by atoms with Gasteiger partial charge < -0.3 is 14.2 Å². The molecule has 2 rings (SSSR count). The molecule has 1 heterocycles. The molecule has 122 valence electrons. The third-order valence-electron chi connectivity index (χ3n) is 4.29. The minimum Gasteiger partial charge on any atom is -0.465 e. The van der Waals surface area contributed by atoms with Gasteiger partial charge in [0.25, 0.3) is 0 Å². The van der Waals surface area contributed by atoms with Crippen LogP contribution in [0.5, 0.6) is 0 Å². The summed E-state index contributed by atoms with van der Waals surface area (Å²) in [6.45, 7) is 3.25. The lowest BCUT2D eigenvalue weighted by atomic mass is 9.74. The summed E-state index contributed by atoms with van der Waals surface area (Å²) in [7, 11) is 1.63. The van der Waals surface area contributed by atoms with Crippen LogP contribution in [0.4, 0.5) is 4.39 Å². The summed E-state index contributed by atoms with van der Waals surface area (Å²) in [6, 6.07) is 6.10. The van der Waals surface area contributed by atoms with E-state index >= 15 is 0 Å². The van der Waals surface area contributed by atoms with E-state index in [2.05, 4.69) is 0 Å². The maximum Gasteiger partial charge on any atom is 0.316 e. The number of ether oxygens (including phenoxy) is 3. The molecule has 0 amide bonds. The van der Waals surface area contributed by atoms with Gasteiger partial charge in [0.2, 0.25) is 0 Å². The summed E-state index contributed by atoms with van der Waals surface area (Å²) in [5.41, 5.74) is 0.0596. The summed E-state index contributed by atoms with van der Waals surface area (Å²) in [6.07, 6.45) is 1.80. The van der Waals surface area contributed by atoms with Crippen molar-refractivity contribution in [2.45, 2.75) is 37.7 Å². The van der Waals surface area contributed by atoms with Crippen molar-refractivity contribution in [1.82, 2.24) is 0 Å². The van der Waals surface area contributed by atoms with Crippen LogP contribution in [0.15, 0.2) is 24.3 Å². The average Bonchev–Trinajstić information content (AvgIpc) is 2.55. The van der Waals surface area contributed by atoms with Gasteiger partial charge in [0, 0.05) is 26.7 Å². The summed E-state index contributed by atoms with van der Waals surface area (Å²) >= 11 is 0. The monoisotopic (exact) mass is 310 g/mol. The number of benzene rings is 1. The van der Waals surface area contributed by atoms with Crippen molar-refractivity contribution in [3.63, 3.8) is 0 Å². The first-order valence-corrected chi connectivity index (χ1v) is 7.62. The Bertz CT molecular complexity index is 480. The van der Waals surface area contributed by atoms with Crippen molar-refractivity contribution in [2.75, 3.05) is 26.9 Å². The molecule has 1 atom stereocenters. The van der Waals surface area contributed by atoms with Crippen LogP contribution in [0.2, 0.25) is 0 Å². The fourth-order valence-corrected chi connectivity index (χ4v) is 2.67. The molecule has 0 radical (unpaired) electrons. The molecule has 0 N–H and O–H groups in total. The van der Waals surface area contributed by atoms with E-state index in [1.54, 1.807) is 19.2 Å². The van der Waals surface area contributed by atoms with E-state index in [1.165, 1.54) is 12.1 Å². The highest BCUT2D eigenvalue weighted by atomic mass is 19.1. The zero-order valence-electron chi connectivity index (χ0n) is 13.1. The van der Waals surface area contributed by atoms with Crippen LogP contribution < -0.4 is 0 Å². The number of hydrogen-bond acceptors (Lipinski definition) is 4. The lowest BCUT2D eigenvalue weighted by molar-refractivity contribution is -0.155. The van der Waals surface area contributed by atoms with Crippen LogP contribution in [0.3, 0.4) is 0 Å². The molecule has 0 bridgehead atoms. The molecule has 1 aromatic rings. The van der Waals surface area contributed by atoms with Gasteiger partial charge in [0.05, 0.1) is 18.1 Å². The van der Waals surface area contributed by atoms with Crippen molar-refractivity contribution in [3.05, 3.63) is 35.6 Å². The number of carbonyl (C=O) groups excluding carboxylic acids is 1. The molecule has 1 fully saturated rings. The Balaban J connectivity index is 2.11. The summed E-state index contributed by atoms with van der Waals surface area (Å²) in [5, 5.41) is 0. The molecule has 0 aromatic heterocycles. The SMILES string of the molecule is CO[C@@H](C)CCOC(=O)C1(c2ccc(F)cc2)CCOCC1. The zero-order chi connectivity index (χ0) is 16.0. The van der Waals surface area contributed by atoms with Crippen LogP contribution in [0.1, 0.15) is 31.7 Å². The third-order valence-corrected chi connectivity index (χ3v) is 4.29. The van der Waals surface area contributed by atoms with Gasteiger partial charge in [-0.3, -0.25) is 4.79 Å². The summed E-state index contributed by atoms with van der Waals surface area (Å²) in [4.78, 5) is 12.7. The zero-order valence-corrected chi connectivity index (χ0v) is 13.1. The van der Waals surface area contributed by atoms with E-state index < -0.39 is 5.41 Å². The lowest BCUT2D eigenvalue weighted by Crippen LogP contribution is -2.42. The van der Waals surface area contributed by atoms with E-state index in [4.69, 9.17) is 14.2 Å². The molecule has 1 aliphatic heterocycles. The molecular weight excluding hydrogens is 287 g/mol. The number of esters is 1. The highest BCUT2D eigenvalue weighted by Gasteiger charge is 2.43. The van der Waals surface area contributed by atoms with Crippen LogP contribution >= 0.6 is 0 Å². The van der Waals surface area contributed by atoms with Gasteiger partial charge in [0.1, 0.15) is 5.82 Å². The van der Waals surface area contributed by atoms with Gasteiger partial charge in [-0.25, -0.2) is 4.39 Å². The van der Waals surface area contributed by atoms with Gasteiger partial charge in [-0.05, 0) is 37.5 Å². The van der Waals surface area contributed by atoms with Gasteiger partial charge >= 0.3 is 5.97 Å². The number of rotatable bonds is 6. The Labute approximate surface area is 130 Å². The molecular formula is C17H23FO4. The minimum absolute atomic E-state index is 0.0456. The lowest BCUT2D eigenvalue weighted by Gasteiger charge is -2.35. The van der Waals surface area contributed by atoms with E-state index in [-0.39, 0.29) is 17.9 Å². The third kappa shape index (κ3) is 3.84. The van der Waals surface area contributed by atoms with Crippen LogP contribution in [-0.2, 0) is 24.4 Å². The number of methoxy groups -OCH3 is 1. The van der Waals surface area contributed by atoms with Crippen molar-refractivity contribution in [1.29, 1.82) is 0 Å². The topological polar surface area (TPSA) is 44.8 Å². The van der Waals surface area contributed by atoms with Crippen LogP contribution in [-0.4, -0.2) is 39.0 Å². The molecule has 0 aliphatic carbocycles. The highest BCUT2D eigenvalue weighted by Crippen LogP contribution is 2.36. The fraction of sp³-hybridized carbons (Fsp3) is 0.588. The van der Waals surface area contributed by atoms with E-state index in [0.717, 1.165) is 5.56 Å². The molecule has 1 aromatic carbocycles. The minimum atomic E-state index is -0.734. The first-order chi connectivity index (χ1) is 10.6. The van der Waals surface area contributed by atoms with Gasteiger partial charge in [0.15, 0.2) is 0 Å². The standard InChI is InChI=1S/C17H23FO4/c1-13(20-2)7-10-22-16(19)17(8-11-21-12-9-17)14-3-5-15(18)6-4-14/h3-6,13H,7-12H2,1-2H3/t13-/m0/s1. The highest BCUT2D eigenvalue weighted by molar-refractivity contribution is 5.83. The quantitative estimate of drug-likeness (QED) is 0.758. The Morgan fingerprint density at radius 2 is 1.95 bits per heavy atom. The van der Waals surface area contributed by atoms with Crippen LogP contribution in [0.25, 0.3) is 0 Å². The van der Waals surface area contributed by atoms with Gasteiger partial charge in [-0.15, -0.1) is 0 Å². The van der Waals surface area contributed by atoms with E-state index in [9.17, 15) is 9.18 Å². The first-order valence-electron chi connectivity index (χ1n) is 7.62. The van der Waals surface area contributed by atoms with Crippen molar-refractivity contribution < 1.29 is 23.4 Å². The van der Waals surface area contributed by atoms with Gasteiger partial charge in [-0.2, -0.15) is 0 Å². The molecule has 0 unspecified atom stereocenters. The maximum atomic E-state index is 13.2. The fourth-order valence-electron chi connectivity index (χ4n) is 2.67. The van der Waals surface area contributed by atoms with Crippen molar-refractivity contribution >= 4 is 5.97 Å². The molecule has 4 nitrogen and oxygen atoms in total. The number of halogens is 1. The van der Waals surface area contributed by atoms with E-state index in [1.807, 2.05) is 6.92 Å². The first kappa shape index (κ1) is 16.9. The molecule has 5 heteroatoms. The second-order valence-electron chi connectivity index (χ2n) is 5.67. The number of carbonyl (C=O) groups is 1. The van der Waals surface area contributed by atoms with Crippen molar-refractivity contribution in [3.8, 4) is 0 Å². The molecule has 0 saturated carbocycles. The number of hydrogen-bond donors (Lipinski definition) is 0. The Hall–Kier alpha value is -1.46.